The molecule has 0 aromatic rings. The smallest absolute Gasteiger partial charge is 0.122 e. The van der Waals surface area contributed by atoms with E-state index in [9.17, 15) is 4.79 Å². The van der Waals surface area contributed by atoms with Crippen LogP contribution in [0, 0.1) is 5.92 Å². The highest BCUT2D eigenvalue weighted by Gasteiger charge is 2.40. The average molecular weight is 220 g/mol. The van der Waals surface area contributed by atoms with Crippen molar-refractivity contribution in [1.82, 2.24) is 0 Å². The van der Waals surface area contributed by atoms with Gasteiger partial charge in [-0.25, -0.2) is 0 Å². The normalized spacial score (nSPS) is 38.6. The van der Waals surface area contributed by atoms with E-state index in [1.165, 1.54) is 0 Å². The zero-order chi connectivity index (χ0) is 10.1. The number of thiol groups is 2. The molecule has 1 heterocycles. The lowest BCUT2D eigenvalue weighted by molar-refractivity contribution is -0.115. The van der Waals surface area contributed by atoms with Crippen LogP contribution in [-0.2, 0) is 9.53 Å². The first-order valence-corrected chi connectivity index (χ1v) is 5.40. The lowest BCUT2D eigenvalue weighted by Gasteiger charge is -2.42. The van der Waals surface area contributed by atoms with Crippen LogP contribution in [-0.4, -0.2) is 22.6 Å². The second kappa shape index (κ2) is 4.24. The molecule has 13 heavy (non-hydrogen) atoms. The lowest BCUT2D eigenvalue weighted by atomic mass is 9.92. The molecule has 2 nitrogen and oxygen atoms in total. The Bertz CT molecular complexity index is 194. The van der Waals surface area contributed by atoms with Crippen LogP contribution in [0.15, 0.2) is 0 Å². The Labute approximate surface area is 90.2 Å². The highest BCUT2D eigenvalue weighted by atomic mass is 32.2. The van der Waals surface area contributed by atoms with Crippen molar-refractivity contribution in [3.63, 3.8) is 0 Å². The number of carbonyl (C=O) groups excluding carboxylic acids is 1. The molecule has 1 rings (SSSR count). The Morgan fingerprint density at radius 2 is 2.15 bits per heavy atom. The van der Waals surface area contributed by atoms with E-state index >= 15 is 0 Å². The average Bonchev–Trinajstić information content (AvgIpc) is 2.00. The third kappa shape index (κ3) is 2.64. The Morgan fingerprint density at radius 1 is 1.54 bits per heavy atom. The van der Waals surface area contributed by atoms with E-state index in [0.29, 0.717) is 12.3 Å². The number of rotatable bonds is 2. The molecule has 0 N–H and O–H groups in total. The Balaban J connectivity index is 2.64. The molecule has 0 saturated carbocycles. The van der Waals surface area contributed by atoms with Crippen LogP contribution >= 0.6 is 25.3 Å². The molecule has 1 aliphatic heterocycles. The molecule has 0 aliphatic carbocycles. The minimum atomic E-state index is -0.314. The topological polar surface area (TPSA) is 26.3 Å². The van der Waals surface area contributed by atoms with Gasteiger partial charge in [-0.05, 0) is 13.3 Å². The van der Waals surface area contributed by atoms with Crippen LogP contribution in [0.5, 0.6) is 0 Å². The summed E-state index contributed by atoms with van der Waals surface area (Å²) < 4.78 is 5.33. The molecule has 0 amide bonds. The summed E-state index contributed by atoms with van der Waals surface area (Å²) in [6.07, 6.45) is 2.17. The van der Waals surface area contributed by atoms with Crippen molar-refractivity contribution in [2.45, 2.75) is 43.0 Å². The SMILES string of the molecule is CC1OC(CC=O)CC(S)(S)C1C. The molecule has 76 valence electrons. The monoisotopic (exact) mass is 220 g/mol. The molecule has 0 radical (unpaired) electrons. The Hall–Kier alpha value is 0.330. The summed E-state index contributed by atoms with van der Waals surface area (Å²) in [5.41, 5.74) is 0. The first kappa shape index (κ1) is 11.4. The van der Waals surface area contributed by atoms with Gasteiger partial charge in [0, 0.05) is 12.3 Å². The molecule has 1 aliphatic rings. The minimum absolute atomic E-state index is 0.0151. The van der Waals surface area contributed by atoms with Gasteiger partial charge < -0.3 is 9.53 Å². The third-order valence-electron chi connectivity index (χ3n) is 2.73. The van der Waals surface area contributed by atoms with Gasteiger partial charge in [0.05, 0.1) is 16.3 Å². The summed E-state index contributed by atoms with van der Waals surface area (Å²) in [5.74, 6) is 0.294. The zero-order valence-electron chi connectivity index (χ0n) is 7.93. The van der Waals surface area contributed by atoms with Crippen LogP contribution in [0.4, 0.5) is 0 Å². The molecule has 4 heteroatoms. The van der Waals surface area contributed by atoms with E-state index in [2.05, 4.69) is 32.2 Å². The Morgan fingerprint density at radius 3 is 2.62 bits per heavy atom. The van der Waals surface area contributed by atoms with Crippen molar-refractivity contribution in [2.24, 2.45) is 5.92 Å². The molecule has 0 aromatic heterocycles. The quantitative estimate of drug-likeness (QED) is 0.423. The van der Waals surface area contributed by atoms with Gasteiger partial charge in [-0.1, -0.05) is 6.92 Å². The molecule has 3 unspecified atom stereocenters. The Kier molecular flexibility index (Phi) is 3.72. The van der Waals surface area contributed by atoms with Crippen LogP contribution in [0.2, 0.25) is 0 Å². The number of hydrogen-bond acceptors (Lipinski definition) is 4. The molecular weight excluding hydrogens is 204 g/mol. The third-order valence-corrected chi connectivity index (χ3v) is 3.91. The summed E-state index contributed by atoms with van der Waals surface area (Å²) in [5, 5.41) is 0. The van der Waals surface area contributed by atoms with Gasteiger partial charge in [0.25, 0.3) is 0 Å². The maximum absolute atomic E-state index is 10.3. The molecule has 0 spiro atoms. The van der Waals surface area contributed by atoms with Crippen molar-refractivity contribution >= 4 is 31.5 Å². The summed E-state index contributed by atoms with van der Waals surface area (Å²) in [6.45, 7) is 4.07. The summed E-state index contributed by atoms with van der Waals surface area (Å²) in [7, 11) is 0. The molecule has 3 atom stereocenters. The van der Waals surface area contributed by atoms with Crippen LogP contribution < -0.4 is 0 Å². The van der Waals surface area contributed by atoms with E-state index in [4.69, 9.17) is 4.74 Å². The van der Waals surface area contributed by atoms with Gasteiger partial charge in [-0.3, -0.25) is 0 Å². The first-order valence-electron chi connectivity index (χ1n) is 4.51. The fourth-order valence-electron chi connectivity index (χ4n) is 1.61. The second-order valence-corrected chi connectivity index (χ2v) is 5.69. The van der Waals surface area contributed by atoms with Crippen molar-refractivity contribution in [3.05, 3.63) is 0 Å². The highest BCUT2D eigenvalue weighted by Crippen LogP contribution is 2.42. The standard InChI is InChI=1S/C9H16O2S2/c1-6-7(2)11-8(3-4-10)5-9(6,12)13/h4,6-8,12-13H,3,5H2,1-2H3. The van der Waals surface area contributed by atoms with Gasteiger partial charge in [0.15, 0.2) is 0 Å². The van der Waals surface area contributed by atoms with Gasteiger partial charge in [0.1, 0.15) is 6.29 Å². The van der Waals surface area contributed by atoms with Crippen molar-refractivity contribution in [3.8, 4) is 0 Å². The zero-order valence-corrected chi connectivity index (χ0v) is 9.72. The van der Waals surface area contributed by atoms with E-state index in [1.54, 1.807) is 0 Å². The first-order chi connectivity index (χ1) is 5.97. The van der Waals surface area contributed by atoms with Crippen molar-refractivity contribution in [1.29, 1.82) is 0 Å². The van der Waals surface area contributed by atoms with Gasteiger partial charge >= 0.3 is 0 Å². The number of ether oxygens (including phenoxy) is 1. The molecule has 0 bridgehead atoms. The molecule has 1 fully saturated rings. The second-order valence-electron chi connectivity index (χ2n) is 3.74. The summed E-state index contributed by atoms with van der Waals surface area (Å²) in [6, 6.07) is 0. The maximum Gasteiger partial charge on any atom is 0.122 e. The van der Waals surface area contributed by atoms with E-state index < -0.39 is 0 Å². The van der Waals surface area contributed by atoms with Gasteiger partial charge in [-0.2, -0.15) is 25.3 Å². The largest absolute Gasteiger partial charge is 0.374 e. The van der Waals surface area contributed by atoms with Gasteiger partial charge in [-0.15, -0.1) is 0 Å². The molecular formula is C9H16O2S2. The molecule has 0 aromatic carbocycles. The van der Waals surface area contributed by atoms with E-state index in [-0.39, 0.29) is 16.3 Å². The number of carbonyl (C=O) groups is 1. The fourth-order valence-corrected chi connectivity index (χ4v) is 2.44. The van der Waals surface area contributed by atoms with Gasteiger partial charge in [0.2, 0.25) is 0 Å². The fraction of sp³-hybridized carbons (Fsp3) is 0.889. The van der Waals surface area contributed by atoms with E-state index in [1.807, 2.05) is 6.92 Å². The van der Waals surface area contributed by atoms with Crippen molar-refractivity contribution in [2.75, 3.05) is 0 Å². The summed E-state index contributed by atoms with van der Waals surface area (Å²) >= 11 is 8.99. The number of aldehydes is 1. The van der Waals surface area contributed by atoms with Crippen LogP contribution in [0.25, 0.3) is 0 Å². The minimum Gasteiger partial charge on any atom is -0.374 e. The van der Waals surface area contributed by atoms with Crippen LogP contribution in [0.3, 0.4) is 0 Å². The lowest BCUT2D eigenvalue weighted by Crippen LogP contribution is -2.44. The van der Waals surface area contributed by atoms with Crippen molar-refractivity contribution < 1.29 is 9.53 Å². The van der Waals surface area contributed by atoms with Crippen LogP contribution in [0.1, 0.15) is 26.7 Å². The molecule has 1 saturated heterocycles. The van der Waals surface area contributed by atoms with E-state index in [0.717, 1.165) is 12.7 Å². The predicted molar refractivity (Wildman–Crippen MR) is 59.5 cm³/mol. The highest BCUT2D eigenvalue weighted by molar-refractivity contribution is 8.00. The maximum atomic E-state index is 10.3. The predicted octanol–water partition coefficient (Wildman–Crippen LogP) is 1.94. The summed E-state index contributed by atoms with van der Waals surface area (Å²) in [4.78, 5) is 10.3. The number of hydrogen-bond donors (Lipinski definition) is 2.